The molecule has 4 aliphatic rings. The molecule has 9 heteroatoms. The summed E-state index contributed by atoms with van der Waals surface area (Å²) in [6, 6.07) is 13.9. The third kappa shape index (κ3) is 4.69. The van der Waals surface area contributed by atoms with E-state index in [4.69, 9.17) is 4.65 Å². The number of rotatable bonds is 5. The normalized spacial score (nSPS) is 27.8. The van der Waals surface area contributed by atoms with Crippen LogP contribution in [0.15, 0.2) is 53.5 Å². The van der Waals surface area contributed by atoms with Crippen molar-refractivity contribution in [2.24, 2.45) is 17.8 Å². The zero-order chi connectivity index (χ0) is 28.1. The number of aliphatic hydroxyl groups excluding tert-OH is 1. The lowest BCUT2D eigenvalue weighted by Crippen LogP contribution is -2.48. The Hall–Kier alpha value is -2.98. The van der Waals surface area contributed by atoms with Crippen molar-refractivity contribution in [3.63, 3.8) is 0 Å². The van der Waals surface area contributed by atoms with E-state index in [-0.39, 0.29) is 36.6 Å². The molecule has 2 amide bonds. The first kappa shape index (κ1) is 27.2. The maximum Gasteiger partial charge on any atom is 0.487 e. The number of aliphatic hydroxyl groups is 1. The molecule has 0 spiro atoms. The quantitative estimate of drug-likeness (QED) is 0.392. The predicted octanol–water partition coefficient (Wildman–Crippen LogP) is 3.06. The van der Waals surface area contributed by atoms with Crippen LogP contribution in [-0.4, -0.2) is 69.7 Å². The second kappa shape index (κ2) is 10.8. The highest BCUT2D eigenvalue weighted by Gasteiger charge is 2.59. The van der Waals surface area contributed by atoms with Crippen LogP contribution in [0.3, 0.4) is 0 Å². The lowest BCUT2D eigenvalue weighted by Gasteiger charge is -2.42. The molecular formula is C31H37BN2O6. The molecule has 3 aliphatic heterocycles. The summed E-state index contributed by atoms with van der Waals surface area (Å²) in [7, 11) is -1.26. The molecule has 0 saturated carbocycles. The van der Waals surface area contributed by atoms with Crippen LogP contribution in [0.4, 0.5) is 0 Å². The minimum Gasteiger partial charge on any atom is -0.507 e. The average Bonchev–Trinajstić information content (AvgIpc) is 3.21. The van der Waals surface area contributed by atoms with Gasteiger partial charge in [0.25, 0.3) is 0 Å². The van der Waals surface area contributed by atoms with Gasteiger partial charge in [-0.15, -0.1) is 0 Å². The number of aromatic hydroxyl groups is 1. The van der Waals surface area contributed by atoms with Crippen molar-refractivity contribution >= 4 is 18.9 Å². The van der Waals surface area contributed by atoms with Gasteiger partial charge in [0.2, 0.25) is 11.8 Å². The Bertz CT molecular complexity index is 1320. The number of hydrogen-bond acceptors (Lipinski definition) is 7. The number of nitrogens with zero attached hydrogens (tertiary/aromatic N) is 2. The van der Waals surface area contributed by atoms with Gasteiger partial charge in [0, 0.05) is 25.7 Å². The zero-order valence-electron chi connectivity index (χ0n) is 23.1. The van der Waals surface area contributed by atoms with Gasteiger partial charge in [-0.1, -0.05) is 30.3 Å². The predicted molar refractivity (Wildman–Crippen MR) is 150 cm³/mol. The van der Waals surface area contributed by atoms with E-state index in [1.807, 2.05) is 44.2 Å². The van der Waals surface area contributed by atoms with Crippen LogP contribution in [0.1, 0.15) is 54.0 Å². The van der Waals surface area contributed by atoms with Gasteiger partial charge in [-0.3, -0.25) is 19.4 Å². The van der Waals surface area contributed by atoms with Crippen molar-refractivity contribution in [3.05, 3.63) is 75.8 Å². The molecule has 8 nitrogen and oxygen atoms in total. The molecule has 0 radical (unpaired) electrons. The Morgan fingerprint density at radius 1 is 1.00 bits per heavy atom. The van der Waals surface area contributed by atoms with Crippen LogP contribution < -0.4 is 0 Å². The summed E-state index contributed by atoms with van der Waals surface area (Å²) in [6.45, 7) is 5.84. The number of carbonyl (C=O) groups excluding carboxylic acids is 2. The maximum absolute atomic E-state index is 14.0. The van der Waals surface area contributed by atoms with E-state index >= 15 is 0 Å². The fourth-order valence-electron chi connectivity index (χ4n) is 7.51. The number of phenolic OH excluding ortho intramolecular Hbond substituents is 1. The van der Waals surface area contributed by atoms with Crippen LogP contribution in [0.2, 0.25) is 0 Å². The second-order valence-electron chi connectivity index (χ2n) is 11.9. The molecule has 4 atom stereocenters. The van der Waals surface area contributed by atoms with Gasteiger partial charge in [0.15, 0.2) is 0 Å². The van der Waals surface area contributed by atoms with Gasteiger partial charge in [0.1, 0.15) is 5.75 Å². The highest BCUT2D eigenvalue weighted by atomic mass is 16.5. The van der Waals surface area contributed by atoms with E-state index in [0.717, 1.165) is 38.0 Å². The first-order chi connectivity index (χ1) is 19.3. The van der Waals surface area contributed by atoms with Gasteiger partial charge in [-0.2, -0.15) is 0 Å². The van der Waals surface area contributed by atoms with E-state index in [1.54, 1.807) is 0 Å². The van der Waals surface area contributed by atoms with Gasteiger partial charge >= 0.3 is 7.12 Å². The molecule has 3 fully saturated rings. The molecule has 3 N–H and O–H groups in total. The molecule has 0 unspecified atom stereocenters. The van der Waals surface area contributed by atoms with Crippen molar-refractivity contribution in [3.8, 4) is 5.75 Å². The molecule has 0 aromatic heterocycles. The molecule has 3 saturated heterocycles. The third-order valence-electron chi connectivity index (χ3n) is 9.49. The van der Waals surface area contributed by atoms with Crippen molar-refractivity contribution in [2.75, 3.05) is 19.7 Å². The number of likely N-dealkylation sites (tertiary alicyclic amines) is 2. The number of imide groups is 1. The summed E-state index contributed by atoms with van der Waals surface area (Å²) in [4.78, 5) is 31.7. The molecule has 2 aromatic rings. The van der Waals surface area contributed by atoms with Crippen LogP contribution >= 0.6 is 0 Å². The molecule has 0 bridgehead atoms. The Labute approximate surface area is 235 Å². The second-order valence-corrected chi connectivity index (χ2v) is 11.9. The Balaban J connectivity index is 1.23. The maximum atomic E-state index is 14.0. The van der Waals surface area contributed by atoms with E-state index in [2.05, 4.69) is 17.0 Å². The van der Waals surface area contributed by atoms with E-state index < -0.39 is 31.0 Å². The van der Waals surface area contributed by atoms with Crippen molar-refractivity contribution in [1.29, 1.82) is 0 Å². The number of amides is 2. The standard InChI is InChI=1S/C31H37BN2O6/c1-18-12-21(13-19(2)29(18)36)26-15-24-27-25(14-22(17-35)28(24)32(39)40-26)30(37)34(31(27)38)23-8-10-33(11-9-23)16-20-6-4-3-5-7-20/h3-7,12-13,23-27,35-36,39H,8-11,14-17H2,1-2H3/t24-,25-,26-,27+/m0/s1. The van der Waals surface area contributed by atoms with Crippen molar-refractivity contribution in [2.45, 2.75) is 58.2 Å². The molecule has 210 valence electrons. The SMILES string of the molecule is Cc1cc([C@@H]2C[C@@H]3C(=C(CO)C[C@@H]4C(=O)N(C5CCN(Cc6ccccc6)CC5)C(=O)[C@@H]43)B(O)O2)cc(C)c1O. The van der Waals surface area contributed by atoms with E-state index in [9.17, 15) is 24.8 Å². The number of aryl methyl sites for hydroxylation is 2. The number of carbonyl (C=O) groups is 2. The summed E-state index contributed by atoms with van der Waals surface area (Å²) in [5.41, 5.74) is 4.66. The van der Waals surface area contributed by atoms with Crippen LogP contribution in [0, 0.1) is 31.6 Å². The van der Waals surface area contributed by atoms with Gasteiger partial charge in [0.05, 0.1) is 24.5 Å². The summed E-state index contributed by atoms with van der Waals surface area (Å²) >= 11 is 0. The summed E-state index contributed by atoms with van der Waals surface area (Å²) in [5, 5.41) is 31.6. The Morgan fingerprint density at radius 3 is 2.33 bits per heavy atom. The molecule has 6 rings (SSSR count). The summed E-state index contributed by atoms with van der Waals surface area (Å²) in [6.07, 6.45) is 1.66. The Kier molecular flexibility index (Phi) is 7.33. The topological polar surface area (TPSA) is 111 Å². The third-order valence-corrected chi connectivity index (χ3v) is 9.49. The van der Waals surface area contributed by atoms with Gasteiger partial charge in [-0.05, 0) is 90.9 Å². The number of hydrogen-bond donors (Lipinski definition) is 3. The number of phenols is 1. The van der Waals surface area contributed by atoms with Gasteiger partial charge < -0.3 is 19.9 Å². The molecule has 40 heavy (non-hydrogen) atoms. The minimum absolute atomic E-state index is 0.137. The first-order valence-electron chi connectivity index (χ1n) is 14.4. The highest BCUT2D eigenvalue weighted by molar-refractivity contribution is 6.53. The summed E-state index contributed by atoms with van der Waals surface area (Å²) < 4.78 is 6.03. The van der Waals surface area contributed by atoms with E-state index in [1.165, 1.54) is 10.5 Å². The molecule has 1 aliphatic carbocycles. The van der Waals surface area contributed by atoms with Crippen molar-refractivity contribution < 1.29 is 29.5 Å². The largest absolute Gasteiger partial charge is 0.507 e. The van der Waals surface area contributed by atoms with E-state index in [0.29, 0.717) is 28.6 Å². The Morgan fingerprint density at radius 2 is 1.68 bits per heavy atom. The monoisotopic (exact) mass is 544 g/mol. The molecule has 3 heterocycles. The van der Waals surface area contributed by atoms with Crippen LogP contribution in [0.25, 0.3) is 0 Å². The lowest BCUT2D eigenvalue weighted by molar-refractivity contribution is -0.144. The highest BCUT2D eigenvalue weighted by Crippen LogP contribution is 2.52. The fourth-order valence-corrected chi connectivity index (χ4v) is 7.51. The number of allylic oxidation sites excluding steroid dienone is 1. The summed E-state index contributed by atoms with van der Waals surface area (Å²) in [5.74, 6) is -1.57. The lowest BCUT2D eigenvalue weighted by atomic mass is 9.55. The zero-order valence-corrected chi connectivity index (χ0v) is 23.1. The average molecular weight is 544 g/mol. The molecule has 2 aromatic carbocycles. The first-order valence-corrected chi connectivity index (χ1v) is 14.4. The number of piperidine rings is 1. The van der Waals surface area contributed by atoms with Crippen LogP contribution in [0.5, 0.6) is 5.75 Å². The van der Waals surface area contributed by atoms with Crippen molar-refractivity contribution in [1.82, 2.24) is 9.80 Å². The number of benzene rings is 2. The van der Waals surface area contributed by atoms with Crippen LogP contribution in [-0.2, 0) is 20.8 Å². The van der Waals surface area contributed by atoms with Gasteiger partial charge in [-0.25, -0.2) is 0 Å². The number of fused-ring (bicyclic) bond motifs is 3. The smallest absolute Gasteiger partial charge is 0.487 e. The molecular weight excluding hydrogens is 507 g/mol. The fraction of sp³-hybridized carbons (Fsp3) is 0.484. The minimum atomic E-state index is -1.26.